The molecule has 0 bridgehead atoms. The third-order valence-corrected chi connectivity index (χ3v) is 1.28. The highest BCUT2D eigenvalue weighted by Crippen LogP contribution is 1.83. The fraction of sp³-hybridized carbons (Fsp3) is 0.667. The van der Waals surface area contributed by atoms with Gasteiger partial charge in [0, 0.05) is 13.6 Å². The number of nitrogens with one attached hydrogen (secondary N) is 1. The molecule has 0 aromatic carbocycles. The first-order valence-electron chi connectivity index (χ1n) is 2.96. The highest BCUT2D eigenvalue weighted by Gasteiger charge is 1.92. The molecule has 0 radical (unpaired) electrons. The Balaban J connectivity index is 3.84. The lowest BCUT2D eigenvalue weighted by Gasteiger charge is -2.13. The van der Waals surface area contributed by atoms with Crippen LogP contribution in [-0.4, -0.2) is 30.7 Å². The van der Waals surface area contributed by atoms with Gasteiger partial charge in [-0.15, -0.1) is 0 Å². The molecule has 3 heteroatoms. The second-order valence-electron chi connectivity index (χ2n) is 1.82. The molecule has 0 rings (SSSR count). The molecule has 0 aliphatic rings. The predicted octanol–water partition coefficient (Wildman–Crippen LogP) is 0.964. The van der Waals surface area contributed by atoms with E-state index in [4.69, 9.17) is 5.41 Å². The summed E-state index contributed by atoms with van der Waals surface area (Å²) in [6, 6.07) is 0. The molecule has 0 aromatic heterocycles. The van der Waals surface area contributed by atoms with Gasteiger partial charge in [-0.05, 0) is 13.8 Å². The van der Waals surface area contributed by atoms with Crippen LogP contribution in [0.25, 0.3) is 0 Å². The first-order chi connectivity index (χ1) is 4.22. The zero-order chi connectivity index (χ0) is 7.28. The Morgan fingerprint density at radius 2 is 2.33 bits per heavy atom. The van der Waals surface area contributed by atoms with Crippen LogP contribution in [0.4, 0.5) is 0 Å². The molecule has 0 fully saturated rings. The lowest BCUT2D eigenvalue weighted by molar-refractivity contribution is 0.533. The maximum atomic E-state index is 6.66. The molecule has 0 aliphatic carbocycles. The smallest absolute Gasteiger partial charge is 0.109 e. The molecular formula is C6H13N3. The summed E-state index contributed by atoms with van der Waals surface area (Å²) in [6.07, 6.45) is 1.06. The quantitative estimate of drug-likeness (QED) is 0.435. The average molecular weight is 127 g/mol. The monoisotopic (exact) mass is 127 g/mol. The molecule has 3 nitrogen and oxygen atoms in total. The number of nitrogens with zero attached hydrogens (tertiary/aromatic N) is 2. The van der Waals surface area contributed by atoms with Crippen LogP contribution in [0.15, 0.2) is 4.99 Å². The van der Waals surface area contributed by atoms with E-state index in [-0.39, 0.29) is 0 Å². The summed E-state index contributed by atoms with van der Waals surface area (Å²) in [5.74, 6) is 0.882. The van der Waals surface area contributed by atoms with E-state index in [9.17, 15) is 0 Å². The molecule has 0 amide bonds. The van der Waals surface area contributed by atoms with Gasteiger partial charge in [-0.2, -0.15) is 0 Å². The number of hydrogen-bond donors (Lipinski definition) is 1. The van der Waals surface area contributed by atoms with Gasteiger partial charge in [0.05, 0.1) is 0 Å². The van der Waals surface area contributed by atoms with Crippen molar-refractivity contribution in [3.8, 4) is 0 Å². The zero-order valence-corrected chi connectivity index (χ0v) is 6.18. The van der Waals surface area contributed by atoms with E-state index in [2.05, 4.69) is 4.99 Å². The highest BCUT2D eigenvalue weighted by atomic mass is 15.1. The summed E-state index contributed by atoms with van der Waals surface area (Å²) >= 11 is 0. The third-order valence-electron chi connectivity index (χ3n) is 1.28. The Kier molecular flexibility index (Phi) is 3.67. The summed E-state index contributed by atoms with van der Waals surface area (Å²) in [7, 11) is 1.95. The van der Waals surface area contributed by atoms with E-state index < -0.39 is 0 Å². The van der Waals surface area contributed by atoms with Crippen molar-refractivity contribution in [3.05, 3.63) is 0 Å². The Bertz CT molecular complexity index is 117. The maximum Gasteiger partial charge on any atom is 0.109 e. The summed E-state index contributed by atoms with van der Waals surface area (Å²) in [4.78, 5) is 5.76. The van der Waals surface area contributed by atoms with E-state index in [0.717, 1.165) is 18.7 Å². The third kappa shape index (κ3) is 2.85. The van der Waals surface area contributed by atoms with Crippen LogP contribution in [0.2, 0.25) is 0 Å². The van der Waals surface area contributed by atoms with Crippen LogP contribution in [0.1, 0.15) is 13.8 Å². The average Bonchev–Trinajstić information content (AvgIpc) is 1.87. The van der Waals surface area contributed by atoms with Crippen molar-refractivity contribution in [1.82, 2.24) is 4.90 Å². The van der Waals surface area contributed by atoms with Crippen molar-refractivity contribution in [3.63, 3.8) is 0 Å². The van der Waals surface area contributed by atoms with Crippen LogP contribution in [0, 0.1) is 5.41 Å². The van der Waals surface area contributed by atoms with Gasteiger partial charge in [-0.25, -0.2) is 4.99 Å². The van der Waals surface area contributed by atoms with Gasteiger partial charge in [0.2, 0.25) is 0 Å². The SMILES string of the molecule is CCN(C)/C(C)=N/C=N. The van der Waals surface area contributed by atoms with Crippen molar-refractivity contribution in [1.29, 1.82) is 5.41 Å². The van der Waals surface area contributed by atoms with Crippen molar-refractivity contribution in [2.24, 2.45) is 4.99 Å². The van der Waals surface area contributed by atoms with Crippen molar-refractivity contribution >= 4 is 12.2 Å². The van der Waals surface area contributed by atoms with E-state index in [0.29, 0.717) is 0 Å². The second-order valence-corrected chi connectivity index (χ2v) is 1.82. The molecule has 0 saturated carbocycles. The molecular weight excluding hydrogens is 114 g/mol. The van der Waals surface area contributed by atoms with Gasteiger partial charge in [0.1, 0.15) is 12.2 Å². The molecule has 0 saturated heterocycles. The molecule has 0 spiro atoms. The minimum absolute atomic E-state index is 0.882. The van der Waals surface area contributed by atoms with Gasteiger partial charge in [-0.3, -0.25) is 5.41 Å². The van der Waals surface area contributed by atoms with Crippen LogP contribution in [-0.2, 0) is 0 Å². The summed E-state index contributed by atoms with van der Waals surface area (Å²) in [6.45, 7) is 4.86. The van der Waals surface area contributed by atoms with Crippen LogP contribution >= 0.6 is 0 Å². The van der Waals surface area contributed by atoms with E-state index in [1.54, 1.807) is 0 Å². The van der Waals surface area contributed by atoms with Crippen LogP contribution in [0.5, 0.6) is 0 Å². The number of aliphatic imine (C=N–C) groups is 1. The van der Waals surface area contributed by atoms with Gasteiger partial charge in [0.25, 0.3) is 0 Å². The Morgan fingerprint density at radius 1 is 1.78 bits per heavy atom. The zero-order valence-electron chi connectivity index (χ0n) is 6.18. The normalized spacial score (nSPS) is 11.2. The summed E-state index contributed by atoms with van der Waals surface area (Å²) in [5.41, 5.74) is 0. The lowest BCUT2D eigenvalue weighted by atomic mass is 10.5. The number of rotatable bonds is 2. The fourth-order valence-corrected chi connectivity index (χ4v) is 0.421. The van der Waals surface area contributed by atoms with Crippen molar-refractivity contribution < 1.29 is 0 Å². The molecule has 0 aromatic rings. The van der Waals surface area contributed by atoms with Crippen molar-refractivity contribution in [2.75, 3.05) is 13.6 Å². The molecule has 0 atom stereocenters. The number of hydrogen-bond acceptors (Lipinski definition) is 1. The lowest BCUT2D eigenvalue weighted by Crippen LogP contribution is -2.23. The molecule has 1 N–H and O–H groups in total. The molecule has 0 aliphatic heterocycles. The highest BCUT2D eigenvalue weighted by molar-refractivity contribution is 5.85. The Hall–Kier alpha value is -0.860. The first-order valence-corrected chi connectivity index (χ1v) is 2.96. The van der Waals surface area contributed by atoms with Crippen LogP contribution < -0.4 is 0 Å². The summed E-state index contributed by atoms with van der Waals surface area (Å²) < 4.78 is 0. The van der Waals surface area contributed by atoms with Crippen LogP contribution in [0.3, 0.4) is 0 Å². The first kappa shape index (κ1) is 8.14. The molecule has 52 valence electrons. The summed E-state index contributed by atoms with van der Waals surface area (Å²) in [5, 5.41) is 6.66. The fourth-order valence-electron chi connectivity index (χ4n) is 0.421. The predicted molar refractivity (Wildman–Crippen MR) is 40.2 cm³/mol. The Labute approximate surface area is 55.9 Å². The van der Waals surface area contributed by atoms with Crippen molar-refractivity contribution in [2.45, 2.75) is 13.8 Å². The number of amidine groups is 1. The van der Waals surface area contributed by atoms with E-state index >= 15 is 0 Å². The van der Waals surface area contributed by atoms with E-state index in [1.807, 2.05) is 25.8 Å². The molecule has 9 heavy (non-hydrogen) atoms. The van der Waals surface area contributed by atoms with Gasteiger partial charge in [-0.1, -0.05) is 0 Å². The van der Waals surface area contributed by atoms with E-state index in [1.165, 1.54) is 0 Å². The molecule has 0 heterocycles. The standard InChI is InChI=1S/C6H13N3/c1-4-9(3)6(2)8-5-7/h5,7H,4H2,1-3H3/b7-5?,8-6+. The Morgan fingerprint density at radius 3 is 2.67 bits per heavy atom. The van der Waals surface area contributed by atoms with Gasteiger partial charge in [0.15, 0.2) is 0 Å². The maximum absolute atomic E-state index is 6.66. The minimum Gasteiger partial charge on any atom is -0.364 e. The second kappa shape index (κ2) is 4.06. The van der Waals surface area contributed by atoms with Gasteiger partial charge < -0.3 is 4.90 Å². The largest absolute Gasteiger partial charge is 0.364 e. The molecule has 0 unspecified atom stereocenters. The topological polar surface area (TPSA) is 39.5 Å². The van der Waals surface area contributed by atoms with Gasteiger partial charge >= 0.3 is 0 Å². The minimum atomic E-state index is 0.882.